The molecule has 0 radical (unpaired) electrons. The van der Waals surface area contributed by atoms with Gasteiger partial charge in [-0.05, 0) is 37.6 Å². The monoisotopic (exact) mass is 369 g/mol. The molecule has 0 spiro atoms. The topological polar surface area (TPSA) is 49.6 Å². The second-order valence-electron chi connectivity index (χ2n) is 5.37. The third kappa shape index (κ3) is 3.81. The van der Waals surface area contributed by atoms with E-state index in [9.17, 15) is 4.79 Å². The van der Waals surface area contributed by atoms with Gasteiger partial charge < -0.3 is 10.6 Å². The SMILES string of the molecule is Cc1cc(C(=O)N2CCN(C(C)C(N)=S)CC2)ccc1Br. The third-order valence-electron chi connectivity index (χ3n) is 3.97. The Balaban J connectivity index is 2.00. The van der Waals surface area contributed by atoms with E-state index in [-0.39, 0.29) is 11.9 Å². The van der Waals surface area contributed by atoms with Crippen LogP contribution in [0.3, 0.4) is 0 Å². The number of amides is 1. The van der Waals surface area contributed by atoms with Crippen LogP contribution in [0, 0.1) is 6.92 Å². The highest BCUT2D eigenvalue weighted by atomic mass is 79.9. The first-order valence-electron chi connectivity index (χ1n) is 6.99. The summed E-state index contributed by atoms with van der Waals surface area (Å²) in [7, 11) is 0. The van der Waals surface area contributed by atoms with Gasteiger partial charge in [-0.15, -0.1) is 0 Å². The van der Waals surface area contributed by atoms with Crippen LogP contribution in [-0.2, 0) is 0 Å². The molecule has 0 aliphatic carbocycles. The van der Waals surface area contributed by atoms with Gasteiger partial charge in [-0.25, -0.2) is 0 Å². The molecule has 0 aromatic heterocycles. The molecule has 2 rings (SSSR count). The molecule has 1 unspecified atom stereocenters. The summed E-state index contributed by atoms with van der Waals surface area (Å²) >= 11 is 8.49. The summed E-state index contributed by atoms with van der Waals surface area (Å²) in [6.07, 6.45) is 0. The van der Waals surface area contributed by atoms with E-state index in [1.165, 1.54) is 0 Å². The Morgan fingerprint density at radius 1 is 1.33 bits per heavy atom. The Bertz CT molecular complexity index is 556. The molecule has 1 aromatic carbocycles. The highest BCUT2D eigenvalue weighted by Crippen LogP contribution is 2.19. The highest BCUT2D eigenvalue weighted by Gasteiger charge is 2.25. The molecule has 1 aliphatic heterocycles. The van der Waals surface area contributed by atoms with Gasteiger partial charge in [-0.3, -0.25) is 9.69 Å². The smallest absolute Gasteiger partial charge is 0.253 e. The van der Waals surface area contributed by atoms with E-state index in [4.69, 9.17) is 18.0 Å². The number of carbonyl (C=O) groups is 1. The predicted octanol–water partition coefficient (Wildman–Crippen LogP) is 2.19. The van der Waals surface area contributed by atoms with E-state index in [0.29, 0.717) is 18.1 Å². The van der Waals surface area contributed by atoms with Crippen LogP contribution in [0.15, 0.2) is 22.7 Å². The lowest BCUT2D eigenvalue weighted by Crippen LogP contribution is -2.53. The average molecular weight is 370 g/mol. The van der Waals surface area contributed by atoms with Crippen LogP contribution in [0.25, 0.3) is 0 Å². The Kier molecular flexibility index (Phi) is 5.35. The summed E-state index contributed by atoms with van der Waals surface area (Å²) in [6.45, 7) is 7.03. The van der Waals surface area contributed by atoms with Crippen molar-refractivity contribution in [2.45, 2.75) is 19.9 Å². The minimum Gasteiger partial charge on any atom is -0.392 e. The number of rotatable bonds is 3. The maximum atomic E-state index is 12.5. The van der Waals surface area contributed by atoms with Crippen LogP contribution in [0.5, 0.6) is 0 Å². The van der Waals surface area contributed by atoms with Gasteiger partial charge in [0.15, 0.2) is 0 Å². The zero-order valence-electron chi connectivity index (χ0n) is 12.3. The Labute approximate surface area is 139 Å². The largest absolute Gasteiger partial charge is 0.392 e. The van der Waals surface area contributed by atoms with E-state index < -0.39 is 0 Å². The quantitative estimate of drug-likeness (QED) is 0.829. The maximum absolute atomic E-state index is 12.5. The van der Waals surface area contributed by atoms with Gasteiger partial charge >= 0.3 is 0 Å². The minimum absolute atomic E-state index is 0.0900. The lowest BCUT2D eigenvalue weighted by molar-refractivity contribution is 0.0621. The summed E-state index contributed by atoms with van der Waals surface area (Å²) in [5.41, 5.74) is 7.50. The van der Waals surface area contributed by atoms with Crippen molar-refractivity contribution in [1.82, 2.24) is 9.80 Å². The molecule has 2 N–H and O–H groups in total. The number of aryl methyl sites for hydroxylation is 1. The number of benzene rings is 1. The summed E-state index contributed by atoms with van der Waals surface area (Å²) in [6, 6.07) is 5.81. The summed E-state index contributed by atoms with van der Waals surface area (Å²) in [4.78, 5) is 17.1. The molecule has 0 bridgehead atoms. The number of piperazine rings is 1. The van der Waals surface area contributed by atoms with Crippen LogP contribution in [0.1, 0.15) is 22.8 Å². The average Bonchev–Trinajstić information content (AvgIpc) is 2.48. The van der Waals surface area contributed by atoms with Gasteiger partial charge in [-0.1, -0.05) is 28.1 Å². The zero-order chi connectivity index (χ0) is 15.6. The van der Waals surface area contributed by atoms with Crippen LogP contribution in [-0.4, -0.2) is 52.9 Å². The fourth-order valence-corrected chi connectivity index (χ4v) is 2.85. The van der Waals surface area contributed by atoms with E-state index in [0.717, 1.165) is 28.7 Å². The maximum Gasteiger partial charge on any atom is 0.253 e. The number of hydrogen-bond acceptors (Lipinski definition) is 3. The minimum atomic E-state index is 0.0900. The van der Waals surface area contributed by atoms with Gasteiger partial charge in [-0.2, -0.15) is 0 Å². The standard InChI is InChI=1S/C15H20BrN3OS/c1-10-9-12(3-4-13(10)16)15(20)19-7-5-18(6-8-19)11(2)14(17)21/h3-4,9,11H,5-8H2,1-2H3,(H2,17,21). The molecule has 114 valence electrons. The highest BCUT2D eigenvalue weighted by molar-refractivity contribution is 9.10. The van der Waals surface area contributed by atoms with Gasteiger partial charge in [0.05, 0.1) is 11.0 Å². The molecular formula is C15H20BrN3OS. The molecule has 1 fully saturated rings. The molecule has 21 heavy (non-hydrogen) atoms. The molecule has 1 aliphatic rings. The van der Waals surface area contributed by atoms with Crippen LogP contribution >= 0.6 is 28.1 Å². The Morgan fingerprint density at radius 3 is 2.48 bits per heavy atom. The molecule has 1 saturated heterocycles. The second-order valence-corrected chi connectivity index (χ2v) is 6.70. The van der Waals surface area contributed by atoms with Crippen LogP contribution < -0.4 is 5.73 Å². The van der Waals surface area contributed by atoms with E-state index >= 15 is 0 Å². The zero-order valence-corrected chi connectivity index (χ0v) is 14.7. The van der Waals surface area contributed by atoms with Gasteiger partial charge in [0, 0.05) is 36.2 Å². The molecule has 1 aromatic rings. The first-order valence-corrected chi connectivity index (χ1v) is 8.19. The molecule has 1 atom stereocenters. The predicted molar refractivity (Wildman–Crippen MR) is 92.6 cm³/mol. The van der Waals surface area contributed by atoms with Crippen molar-refractivity contribution >= 4 is 39.0 Å². The van der Waals surface area contributed by atoms with Gasteiger partial charge in [0.25, 0.3) is 5.91 Å². The number of halogens is 1. The number of carbonyl (C=O) groups excluding carboxylic acids is 1. The van der Waals surface area contributed by atoms with E-state index in [1.54, 1.807) is 0 Å². The number of nitrogens with two attached hydrogens (primary N) is 1. The normalized spacial score (nSPS) is 17.6. The van der Waals surface area contributed by atoms with Crippen molar-refractivity contribution in [2.24, 2.45) is 5.73 Å². The lowest BCUT2D eigenvalue weighted by Gasteiger charge is -2.37. The fourth-order valence-electron chi connectivity index (χ4n) is 2.45. The lowest BCUT2D eigenvalue weighted by atomic mass is 10.1. The first kappa shape index (κ1) is 16.4. The molecule has 0 saturated carbocycles. The van der Waals surface area contributed by atoms with Crippen molar-refractivity contribution < 1.29 is 4.79 Å². The van der Waals surface area contributed by atoms with Crippen LogP contribution in [0.4, 0.5) is 0 Å². The molecule has 1 heterocycles. The molecule has 4 nitrogen and oxygen atoms in total. The number of thiocarbonyl (C=S) groups is 1. The number of nitrogens with zero attached hydrogens (tertiary/aromatic N) is 2. The number of hydrogen-bond donors (Lipinski definition) is 1. The Morgan fingerprint density at radius 2 is 1.95 bits per heavy atom. The Hall–Kier alpha value is -0.980. The van der Waals surface area contributed by atoms with E-state index in [1.807, 2.05) is 36.9 Å². The summed E-state index contributed by atoms with van der Waals surface area (Å²) < 4.78 is 1.02. The van der Waals surface area contributed by atoms with Crippen molar-refractivity contribution in [3.8, 4) is 0 Å². The summed E-state index contributed by atoms with van der Waals surface area (Å²) in [5, 5.41) is 0. The van der Waals surface area contributed by atoms with Crippen LogP contribution in [0.2, 0.25) is 0 Å². The second kappa shape index (κ2) is 6.85. The van der Waals surface area contributed by atoms with Gasteiger partial charge in [0.1, 0.15) is 0 Å². The van der Waals surface area contributed by atoms with Gasteiger partial charge in [0.2, 0.25) is 0 Å². The fraction of sp³-hybridized carbons (Fsp3) is 0.467. The van der Waals surface area contributed by atoms with Crippen molar-refractivity contribution in [2.75, 3.05) is 26.2 Å². The summed E-state index contributed by atoms with van der Waals surface area (Å²) in [5.74, 6) is 0.0910. The van der Waals surface area contributed by atoms with E-state index in [2.05, 4.69) is 20.8 Å². The van der Waals surface area contributed by atoms with Crippen molar-refractivity contribution in [1.29, 1.82) is 0 Å². The van der Waals surface area contributed by atoms with Crippen molar-refractivity contribution in [3.05, 3.63) is 33.8 Å². The van der Waals surface area contributed by atoms with Crippen molar-refractivity contribution in [3.63, 3.8) is 0 Å². The third-order valence-corrected chi connectivity index (χ3v) is 5.20. The molecule has 1 amide bonds. The molecule has 6 heteroatoms. The molecular weight excluding hydrogens is 350 g/mol. The first-order chi connectivity index (χ1) is 9.90.